The number of benzene rings is 3. The summed E-state index contributed by atoms with van der Waals surface area (Å²) in [5, 5.41) is 4.49. The van der Waals surface area contributed by atoms with Crippen molar-refractivity contribution in [2.45, 2.75) is 19.8 Å². The lowest BCUT2D eigenvalue weighted by molar-refractivity contribution is 0.974. The Kier molecular flexibility index (Phi) is 4.40. The van der Waals surface area contributed by atoms with Crippen LogP contribution in [-0.2, 0) is 0 Å². The van der Waals surface area contributed by atoms with E-state index >= 15 is 0 Å². The first-order valence-electron chi connectivity index (χ1n) is 8.95. The summed E-state index contributed by atoms with van der Waals surface area (Å²) < 4.78 is 0. The van der Waals surface area contributed by atoms with Crippen LogP contribution >= 0.6 is 0 Å². The van der Waals surface area contributed by atoms with Crippen molar-refractivity contribution in [1.82, 2.24) is 0 Å². The summed E-state index contributed by atoms with van der Waals surface area (Å²) in [4.78, 5) is 0. The summed E-state index contributed by atoms with van der Waals surface area (Å²) in [6, 6.07) is 25.3. The van der Waals surface area contributed by atoms with Crippen molar-refractivity contribution in [3.63, 3.8) is 0 Å². The molecule has 2 nitrogen and oxygen atoms in total. The topological polar surface area (TPSA) is 24.4 Å². The molecule has 0 amide bonds. The minimum absolute atomic E-state index is 0.298. The lowest BCUT2D eigenvalue weighted by Crippen LogP contribution is -2.04. The molecule has 0 saturated heterocycles. The quantitative estimate of drug-likeness (QED) is 0.458. The molecular formula is C24H22N2. The number of allylic oxidation sites excluding steroid dienone is 1. The molecule has 128 valence electrons. The molecule has 0 saturated carbocycles. The number of para-hydroxylation sites is 1. The van der Waals surface area contributed by atoms with Gasteiger partial charge in [-0.25, -0.2) is 0 Å². The second-order valence-electron chi connectivity index (χ2n) is 6.76. The number of aryl methyl sites for hydroxylation is 1. The predicted octanol–water partition coefficient (Wildman–Crippen LogP) is 5.99. The molecule has 1 aliphatic rings. The number of anilines is 1. The van der Waals surface area contributed by atoms with Crippen LogP contribution in [0.3, 0.4) is 0 Å². The van der Waals surface area contributed by atoms with E-state index in [1.54, 1.807) is 0 Å². The Balaban J connectivity index is 1.65. The molecule has 4 rings (SSSR count). The van der Waals surface area contributed by atoms with Gasteiger partial charge in [-0.15, -0.1) is 0 Å². The van der Waals surface area contributed by atoms with Crippen LogP contribution in [0, 0.1) is 6.92 Å². The molecule has 2 heteroatoms. The normalized spacial score (nSPS) is 15.8. The first-order chi connectivity index (χ1) is 12.7. The average molecular weight is 338 g/mol. The molecule has 1 N–H and O–H groups in total. The second-order valence-corrected chi connectivity index (χ2v) is 6.76. The Morgan fingerprint density at radius 3 is 2.35 bits per heavy atom. The molecule has 0 fully saturated rings. The van der Waals surface area contributed by atoms with E-state index in [-0.39, 0.29) is 0 Å². The average Bonchev–Trinajstić information content (AvgIpc) is 2.99. The van der Waals surface area contributed by atoms with Crippen molar-refractivity contribution >= 4 is 18.0 Å². The van der Waals surface area contributed by atoms with Crippen molar-refractivity contribution in [2.24, 2.45) is 5.10 Å². The van der Waals surface area contributed by atoms with Crippen LogP contribution in [0.15, 0.2) is 83.5 Å². The molecule has 0 heterocycles. The molecule has 0 aromatic heterocycles. The van der Waals surface area contributed by atoms with E-state index < -0.39 is 0 Å². The zero-order chi connectivity index (χ0) is 17.9. The minimum atomic E-state index is 0.298. The molecule has 1 unspecified atom stereocenters. The van der Waals surface area contributed by atoms with Gasteiger partial charge in [-0.3, -0.25) is 5.43 Å². The monoisotopic (exact) mass is 338 g/mol. The van der Waals surface area contributed by atoms with Gasteiger partial charge in [0.2, 0.25) is 0 Å². The molecule has 0 spiro atoms. The van der Waals surface area contributed by atoms with Crippen LogP contribution < -0.4 is 5.43 Å². The minimum Gasteiger partial charge on any atom is -0.278 e. The fourth-order valence-electron chi connectivity index (χ4n) is 3.65. The van der Waals surface area contributed by atoms with Gasteiger partial charge < -0.3 is 0 Å². The van der Waals surface area contributed by atoms with Gasteiger partial charge in [0.05, 0.1) is 11.9 Å². The van der Waals surface area contributed by atoms with Crippen LogP contribution in [0.25, 0.3) is 6.08 Å². The van der Waals surface area contributed by atoms with E-state index in [2.05, 4.69) is 85.0 Å². The zero-order valence-corrected chi connectivity index (χ0v) is 15.1. The fraction of sp³-hybridized carbons (Fsp3) is 0.125. The summed E-state index contributed by atoms with van der Waals surface area (Å²) in [6.07, 6.45) is 4.22. The largest absolute Gasteiger partial charge is 0.278 e. The van der Waals surface area contributed by atoms with Gasteiger partial charge in [-0.2, -0.15) is 5.10 Å². The Morgan fingerprint density at radius 1 is 0.808 bits per heavy atom. The summed E-state index contributed by atoms with van der Waals surface area (Å²) in [7, 11) is 0. The number of nitrogens with one attached hydrogen (secondary N) is 1. The Labute approximate surface area is 154 Å². The standard InChI is InChI=1S/C24H22N2/c1-17-9-3-8-14-23(17)26-25-16-20-11-5-7-13-22(20)24-18(2)15-19-10-4-6-12-21(19)24/h3-16,24,26H,1-2H3. The number of rotatable bonds is 4. The number of hydrazone groups is 1. The first kappa shape index (κ1) is 16.3. The molecule has 1 atom stereocenters. The summed E-state index contributed by atoms with van der Waals surface area (Å²) in [5.74, 6) is 0.298. The number of hydrogen-bond donors (Lipinski definition) is 1. The molecule has 0 aliphatic heterocycles. The van der Waals surface area contributed by atoms with Crippen LogP contribution in [0.4, 0.5) is 5.69 Å². The molecular weight excluding hydrogens is 316 g/mol. The van der Waals surface area contributed by atoms with Crippen LogP contribution in [0.5, 0.6) is 0 Å². The molecule has 1 aliphatic carbocycles. The third-order valence-electron chi connectivity index (χ3n) is 4.99. The summed E-state index contributed by atoms with van der Waals surface area (Å²) in [5.41, 5.74) is 11.9. The highest BCUT2D eigenvalue weighted by Gasteiger charge is 2.25. The lowest BCUT2D eigenvalue weighted by atomic mass is 9.86. The van der Waals surface area contributed by atoms with Gasteiger partial charge in [-0.05, 0) is 47.7 Å². The van der Waals surface area contributed by atoms with Gasteiger partial charge in [-0.1, -0.05) is 78.4 Å². The first-order valence-corrected chi connectivity index (χ1v) is 8.95. The number of nitrogens with zero attached hydrogens (tertiary/aromatic N) is 1. The van der Waals surface area contributed by atoms with Crippen molar-refractivity contribution < 1.29 is 0 Å². The smallest absolute Gasteiger partial charge is 0.0590 e. The maximum atomic E-state index is 4.49. The van der Waals surface area contributed by atoms with E-state index in [0.29, 0.717) is 5.92 Å². The molecule has 0 bridgehead atoms. The van der Waals surface area contributed by atoms with Gasteiger partial charge in [0.25, 0.3) is 0 Å². The Bertz CT molecular complexity index is 998. The highest BCUT2D eigenvalue weighted by molar-refractivity contribution is 5.84. The van der Waals surface area contributed by atoms with Gasteiger partial charge in [0.15, 0.2) is 0 Å². The third kappa shape index (κ3) is 3.06. The van der Waals surface area contributed by atoms with Crippen LogP contribution in [0.2, 0.25) is 0 Å². The van der Waals surface area contributed by atoms with Gasteiger partial charge in [0, 0.05) is 5.92 Å². The van der Waals surface area contributed by atoms with Crippen molar-refractivity contribution in [2.75, 3.05) is 5.43 Å². The Hall–Kier alpha value is -3.13. The maximum Gasteiger partial charge on any atom is 0.0590 e. The zero-order valence-electron chi connectivity index (χ0n) is 15.1. The Morgan fingerprint density at radius 2 is 1.50 bits per heavy atom. The molecule has 26 heavy (non-hydrogen) atoms. The van der Waals surface area contributed by atoms with Crippen molar-refractivity contribution in [1.29, 1.82) is 0 Å². The van der Waals surface area contributed by atoms with E-state index in [1.165, 1.54) is 27.8 Å². The molecule has 3 aromatic carbocycles. The highest BCUT2D eigenvalue weighted by atomic mass is 15.3. The molecule has 3 aromatic rings. The number of fused-ring (bicyclic) bond motifs is 1. The highest BCUT2D eigenvalue weighted by Crippen LogP contribution is 2.41. The van der Waals surface area contributed by atoms with Crippen LogP contribution in [0.1, 0.15) is 40.7 Å². The lowest BCUT2D eigenvalue weighted by Gasteiger charge is -2.17. The van der Waals surface area contributed by atoms with E-state index in [0.717, 1.165) is 11.3 Å². The number of hydrogen-bond acceptors (Lipinski definition) is 2. The van der Waals surface area contributed by atoms with E-state index in [1.807, 2.05) is 24.4 Å². The predicted molar refractivity (Wildman–Crippen MR) is 111 cm³/mol. The molecule has 0 radical (unpaired) electrons. The van der Waals surface area contributed by atoms with Crippen molar-refractivity contribution in [3.05, 3.63) is 106 Å². The third-order valence-corrected chi connectivity index (χ3v) is 4.99. The van der Waals surface area contributed by atoms with Gasteiger partial charge >= 0.3 is 0 Å². The maximum absolute atomic E-state index is 4.49. The summed E-state index contributed by atoms with van der Waals surface area (Å²) >= 11 is 0. The van der Waals surface area contributed by atoms with Gasteiger partial charge in [0.1, 0.15) is 0 Å². The van der Waals surface area contributed by atoms with E-state index in [9.17, 15) is 0 Å². The van der Waals surface area contributed by atoms with Crippen molar-refractivity contribution in [3.8, 4) is 0 Å². The second kappa shape index (κ2) is 7.01. The SMILES string of the molecule is CC1=Cc2ccccc2C1c1ccccc1C=NNc1ccccc1C. The van der Waals surface area contributed by atoms with E-state index in [4.69, 9.17) is 0 Å². The summed E-state index contributed by atoms with van der Waals surface area (Å²) in [6.45, 7) is 4.29. The van der Waals surface area contributed by atoms with Crippen LogP contribution in [-0.4, -0.2) is 6.21 Å². The fourth-order valence-corrected chi connectivity index (χ4v) is 3.65.